The van der Waals surface area contributed by atoms with Crippen molar-refractivity contribution < 1.29 is 15.0 Å². The van der Waals surface area contributed by atoms with Crippen molar-refractivity contribution >= 4 is 5.97 Å². The van der Waals surface area contributed by atoms with Crippen LogP contribution in [0.1, 0.15) is 106 Å². The Morgan fingerprint density at radius 2 is 1.55 bits per heavy atom. The first-order valence-corrected chi connectivity index (χ1v) is 13.6. The number of carboxylic acids is 1. The second-order valence-corrected chi connectivity index (χ2v) is 14.8. The summed E-state index contributed by atoms with van der Waals surface area (Å²) in [6, 6.07) is 0. The molecule has 1 radical (unpaired) electrons. The molecule has 0 aromatic heterocycles. The minimum atomic E-state index is -0.609. The van der Waals surface area contributed by atoms with Crippen molar-refractivity contribution in [1.29, 1.82) is 0 Å². The Hall–Kier alpha value is -0.830. The first-order chi connectivity index (χ1) is 15.1. The predicted molar refractivity (Wildman–Crippen MR) is 132 cm³/mol. The maximum absolute atomic E-state index is 12.7. The lowest BCUT2D eigenvalue weighted by atomic mass is 9.33. The van der Waals surface area contributed by atoms with Gasteiger partial charge in [-0.3, -0.25) is 4.79 Å². The number of carboxylic acid groups (broad SMARTS) is 1. The third-order valence-electron chi connectivity index (χ3n) is 12.8. The summed E-state index contributed by atoms with van der Waals surface area (Å²) in [5, 5.41) is 21.3. The second kappa shape index (κ2) is 6.89. The van der Waals surface area contributed by atoms with E-state index in [1.54, 1.807) is 0 Å². The average molecular weight is 456 g/mol. The molecule has 5 aliphatic rings. The molecule has 33 heavy (non-hydrogen) atoms. The summed E-state index contributed by atoms with van der Waals surface area (Å²) >= 11 is 0. The SMILES string of the molecule is CC1(C)[CH]C2C3=CCC4[C@@]5(C)CC[C@H](O)C(C)(C)C5CC[C@@]4(C)[C@]3(C)CC[C@@]2(C(=O)O)CC1. The highest BCUT2D eigenvalue weighted by atomic mass is 16.4. The van der Waals surface area contributed by atoms with Crippen molar-refractivity contribution in [3.8, 4) is 0 Å². The first kappa shape index (κ1) is 23.9. The highest BCUT2D eigenvalue weighted by Crippen LogP contribution is 2.75. The number of allylic oxidation sites excluding steroid dienone is 2. The largest absolute Gasteiger partial charge is 0.481 e. The van der Waals surface area contributed by atoms with E-state index >= 15 is 0 Å². The van der Waals surface area contributed by atoms with Crippen LogP contribution in [-0.4, -0.2) is 22.3 Å². The van der Waals surface area contributed by atoms with Crippen LogP contribution in [0, 0.1) is 56.7 Å². The average Bonchev–Trinajstić information content (AvgIpc) is 2.71. The molecule has 0 aromatic carbocycles. The van der Waals surface area contributed by atoms with Crippen LogP contribution in [0.4, 0.5) is 0 Å². The van der Waals surface area contributed by atoms with Crippen LogP contribution in [0.15, 0.2) is 11.6 Å². The predicted octanol–water partition coefficient (Wildman–Crippen LogP) is 7.05. The maximum atomic E-state index is 12.7. The standard InChI is InChI=1S/C30H47O3/c1-25(2)14-16-30(24(32)33)17-15-28(6)19(20(30)18-25)8-9-22-27(5)12-11-23(31)26(3,4)21(27)10-13-29(22,28)7/h8,18,20-23,31H,9-17H2,1-7H3,(H,32,33)/t20?,21?,22?,23-,27-,28+,29+,30-/m0/s1. The van der Waals surface area contributed by atoms with E-state index in [0.29, 0.717) is 11.8 Å². The highest BCUT2D eigenvalue weighted by Gasteiger charge is 2.69. The number of rotatable bonds is 1. The second-order valence-electron chi connectivity index (χ2n) is 14.8. The summed E-state index contributed by atoms with van der Waals surface area (Å²) in [4.78, 5) is 12.7. The first-order valence-electron chi connectivity index (χ1n) is 13.6. The Bertz CT molecular complexity index is 885. The summed E-state index contributed by atoms with van der Waals surface area (Å²) in [5.41, 5.74) is 1.37. The molecule has 0 spiro atoms. The molecule has 4 saturated carbocycles. The van der Waals surface area contributed by atoms with Crippen molar-refractivity contribution in [2.24, 2.45) is 50.2 Å². The van der Waals surface area contributed by atoms with Gasteiger partial charge in [-0.05, 0) is 103 Å². The van der Waals surface area contributed by atoms with Gasteiger partial charge in [0, 0.05) is 5.92 Å². The molecule has 5 rings (SSSR count). The summed E-state index contributed by atoms with van der Waals surface area (Å²) in [5.74, 6) is 0.629. The van der Waals surface area contributed by atoms with Gasteiger partial charge in [-0.25, -0.2) is 0 Å². The number of carbonyl (C=O) groups is 1. The van der Waals surface area contributed by atoms with Gasteiger partial charge in [0.25, 0.3) is 0 Å². The van der Waals surface area contributed by atoms with Crippen molar-refractivity contribution in [3.05, 3.63) is 18.1 Å². The maximum Gasteiger partial charge on any atom is 0.310 e. The van der Waals surface area contributed by atoms with Gasteiger partial charge in [0.1, 0.15) is 0 Å². The molecule has 0 aliphatic heterocycles. The fourth-order valence-corrected chi connectivity index (χ4v) is 10.3. The van der Waals surface area contributed by atoms with Crippen LogP contribution in [-0.2, 0) is 4.79 Å². The minimum absolute atomic E-state index is 0.0363. The normalized spacial score (nSPS) is 52.4. The summed E-state index contributed by atoms with van der Waals surface area (Å²) in [6.45, 7) is 16.8. The van der Waals surface area contributed by atoms with Crippen LogP contribution < -0.4 is 0 Å². The van der Waals surface area contributed by atoms with Gasteiger partial charge >= 0.3 is 5.97 Å². The highest BCUT2D eigenvalue weighted by molar-refractivity contribution is 5.77. The molecule has 5 aliphatic carbocycles. The topological polar surface area (TPSA) is 57.5 Å². The van der Waals surface area contributed by atoms with Crippen LogP contribution in [0.5, 0.6) is 0 Å². The molecule has 0 saturated heterocycles. The van der Waals surface area contributed by atoms with Crippen molar-refractivity contribution in [2.45, 2.75) is 112 Å². The zero-order valence-corrected chi connectivity index (χ0v) is 22.1. The monoisotopic (exact) mass is 455 g/mol. The van der Waals surface area contributed by atoms with Crippen LogP contribution in [0.25, 0.3) is 0 Å². The van der Waals surface area contributed by atoms with E-state index in [0.717, 1.165) is 44.9 Å². The van der Waals surface area contributed by atoms with Gasteiger partial charge in [0.2, 0.25) is 0 Å². The third kappa shape index (κ3) is 2.87. The molecule has 3 heteroatoms. The summed E-state index contributed by atoms with van der Waals surface area (Å²) in [6.07, 6.45) is 13.8. The van der Waals surface area contributed by atoms with E-state index in [4.69, 9.17) is 0 Å². The van der Waals surface area contributed by atoms with Crippen LogP contribution in [0.2, 0.25) is 0 Å². The third-order valence-corrected chi connectivity index (χ3v) is 12.8. The van der Waals surface area contributed by atoms with Crippen LogP contribution in [0.3, 0.4) is 0 Å². The van der Waals surface area contributed by atoms with Crippen molar-refractivity contribution in [2.75, 3.05) is 0 Å². The van der Waals surface area contributed by atoms with E-state index in [1.807, 2.05) is 0 Å². The van der Waals surface area contributed by atoms with E-state index in [1.165, 1.54) is 18.4 Å². The molecule has 4 fully saturated rings. The Balaban J connectivity index is 1.60. The quantitative estimate of drug-likeness (QED) is 0.417. The molecule has 0 amide bonds. The lowest BCUT2D eigenvalue weighted by Crippen LogP contribution is -2.65. The number of fused-ring (bicyclic) bond motifs is 7. The van der Waals surface area contributed by atoms with Crippen molar-refractivity contribution in [3.63, 3.8) is 0 Å². The Morgan fingerprint density at radius 1 is 0.879 bits per heavy atom. The molecule has 3 unspecified atom stereocenters. The number of aliphatic hydroxyl groups is 1. The molecule has 3 nitrogen and oxygen atoms in total. The lowest BCUT2D eigenvalue weighted by molar-refractivity contribution is -0.203. The number of hydrogen-bond donors (Lipinski definition) is 2. The fraction of sp³-hybridized carbons (Fsp3) is 0.867. The van der Waals surface area contributed by atoms with E-state index in [2.05, 4.69) is 61.0 Å². The zero-order valence-electron chi connectivity index (χ0n) is 22.1. The van der Waals surface area contributed by atoms with Gasteiger partial charge in [0.15, 0.2) is 0 Å². The lowest BCUT2D eigenvalue weighted by Gasteiger charge is -2.71. The smallest absolute Gasteiger partial charge is 0.310 e. The molecule has 0 aromatic rings. The Kier molecular flexibility index (Phi) is 4.99. The van der Waals surface area contributed by atoms with Crippen molar-refractivity contribution in [1.82, 2.24) is 0 Å². The van der Waals surface area contributed by atoms with Gasteiger partial charge < -0.3 is 10.2 Å². The minimum Gasteiger partial charge on any atom is -0.481 e. The molecular formula is C30H47O3. The van der Waals surface area contributed by atoms with Gasteiger partial charge in [0.05, 0.1) is 11.5 Å². The molecular weight excluding hydrogens is 408 g/mol. The van der Waals surface area contributed by atoms with E-state index in [-0.39, 0.29) is 39.1 Å². The Morgan fingerprint density at radius 3 is 2.21 bits per heavy atom. The fourth-order valence-electron chi connectivity index (χ4n) is 10.3. The summed E-state index contributed by atoms with van der Waals surface area (Å²) < 4.78 is 0. The van der Waals surface area contributed by atoms with Crippen LogP contribution >= 0.6 is 0 Å². The number of aliphatic carboxylic acids is 1. The van der Waals surface area contributed by atoms with Gasteiger partial charge in [-0.1, -0.05) is 60.1 Å². The van der Waals surface area contributed by atoms with E-state index in [9.17, 15) is 15.0 Å². The molecule has 0 bridgehead atoms. The molecule has 8 atom stereocenters. The van der Waals surface area contributed by atoms with E-state index < -0.39 is 11.4 Å². The van der Waals surface area contributed by atoms with Gasteiger partial charge in [-0.2, -0.15) is 0 Å². The number of aliphatic hydroxyl groups excluding tert-OH is 1. The number of hydrogen-bond acceptors (Lipinski definition) is 2. The summed E-state index contributed by atoms with van der Waals surface area (Å²) in [7, 11) is 0. The Labute approximate surface area is 201 Å². The molecule has 185 valence electrons. The zero-order chi connectivity index (χ0) is 24.2. The molecule has 2 N–H and O–H groups in total. The van der Waals surface area contributed by atoms with Gasteiger partial charge in [-0.15, -0.1) is 0 Å². The molecule has 0 heterocycles.